The summed E-state index contributed by atoms with van der Waals surface area (Å²) in [5.74, 6) is -0.0554. The fraction of sp³-hybridized carbons (Fsp3) is 0.300. The Morgan fingerprint density at radius 1 is 1.38 bits per heavy atom. The van der Waals surface area contributed by atoms with Gasteiger partial charge in [0.15, 0.2) is 5.76 Å². The van der Waals surface area contributed by atoms with E-state index >= 15 is 0 Å². The molecule has 0 bridgehead atoms. The molecule has 164 valence electrons. The van der Waals surface area contributed by atoms with Crippen molar-refractivity contribution in [3.8, 4) is 22.6 Å². The summed E-state index contributed by atoms with van der Waals surface area (Å²) in [4.78, 5) is 41.1. The van der Waals surface area contributed by atoms with Gasteiger partial charge in [0.25, 0.3) is 5.56 Å². The van der Waals surface area contributed by atoms with Crippen LogP contribution in [-0.4, -0.2) is 39.4 Å². The highest BCUT2D eigenvalue weighted by Crippen LogP contribution is 2.31. The van der Waals surface area contributed by atoms with Gasteiger partial charge in [-0.05, 0) is 5.53 Å². The molecule has 0 aliphatic carbocycles. The van der Waals surface area contributed by atoms with Gasteiger partial charge < -0.3 is 14.0 Å². The Labute approximate surface area is 180 Å². The molecule has 3 aromatic rings. The Balaban J connectivity index is 1.65. The summed E-state index contributed by atoms with van der Waals surface area (Å²) in [5.41, 5.74) is 8.59. The second-order valence-corrected chi connectivity index (χ2v) is 7.09. The minimum Gasteiger partial charge on any atom is -0.463 e. The maximum absolute atomic E-state index is 12.5. The number of hydrogen-bond donors (Lipinski definition) is 1. The van der Waals surface area contributed by atoms with Crippen molar-refractivity contribution < 1.29 is 18.8 Å². The van der Waals surface area contributed by atoms with Crippen molar-refractivity contribution >= 4 is 5.97 Å². The topological polar surface area (TPSA) is 165 Å². The molecule has 1 saturated heterocycles. The summed E-state index contributed by atoms with van der Waals surface area (Å²) < 4.78 is 17.3. The monoisotopic (exact) mass is 438 g/mol. The summed E-state index contributed by atoms with van der Waals surface area (Å²) >= 11 is 0. The molecule has 1 fully saturated rings. The highest BCUT2D eigenvalue weighted by molar-refractivity contribution is 5.66. The quantitative estimate of drug-likeness (QED) is 0.267. The van der Waals surface area contributed by atoms with Crippen molar-refractivity contribution in [1.82, 2.24) is 14.7 Å². The van der Waals surface area contributed by atoms with E-state index in [0.29, 0.717) is 5.76 Å². The SMILES string of the molecule is CC(=O)OC[C@H]1O[C@@H](n2cc(-c3cc(-c4ccccc4)on3)c(=O)[nH]c2=O)C[C@@H]1N=[N+]=[N-]. The first-order valence-corrected chi connectivity index (χ1v) is 9.67. The van der Waals surface area contributed by atoms with Crippen molar-refractivity contribution in [2.45, 2.75) is 31.7 Å². The molecule has 3 atom stereocenters. The molecular formula is C20H18N6O6. The third kappa shape index (κ3) is 4.31. The molecule has 1 aromatic carbocycles. The van der Waals surface area contributed by atoms with E-state index < -0.39 is 35.6 Å². The third-order valence-electron chi connectivity index (χ3n) is 4.98. The van der Waals surface area contributed by atoms with Crippen molar-refractivity contribution in [3.63, 3.8) is 0 Å². The molecule has 3 heterocycles. The van der Waals surface area contributed by atoms with Gasteiger partial charge in [-0.25, -0.2) is 4.79 Å². The Morgan fingerprint density at radius 2 is 2.16 bits per heavy atom. The lowest BCUT2D eigenvalue weighted by Crippen LogP contribution is -2.33. The van der Waals surface area contributed by atoms with Gasteiger partial charge in [-0.1, -0.05) is 40.6 Å². The van der Waals surface area contributed by atoms with Crippen molar-refractivity contribution in [2.24, 2.45) is 5.11 Å². The predicted octanol–water partition coefficient (Wildman–Crippen LogP) is 2.39. The fourth-order valence-electron chi connectivity index (χ4n) is 3.45. The van der Waals surface area contributed by atoms with E-state index in [1.54, 1.807) is 6.07 Å². The normalized spacial score (nSPS) is 20.0. The number of H-pyrrole nitrogens is 1. The van der Waals surface area contributed by atoms with Crippen LogP contribution in [0.1, 0.15) is 19.6 Å². The van der Waals surface area contributed by atoms with Gasteiger partial charge in [0.1, 0.15) is 24.6 Å². The second kappa shape index (κ2) is 8.92. The van der Waals surface area contributed by atoms with Crippen LogP contribution in [0.2, 0.25) is 0 Å². The van der Waals surface area contributed by atoms with E-state index in [4.69, 9.17) is 19.5 Å². The molecule has 0 amide bonds. The maximum atomic E-state index is 12.5. The van der Waals surface area contributed by atoms with E-state index in [1.165, 1.54) is 17.7 Å². The largest absolute Gasteiger partial charge is 0.463 e. The molecule has 0 radical (unpaired) electrons. The lowest BCUT2D eigenvalue weighted by Gasteiger charge is -2.16. The van der Waals surface area contributed by atoms with Crippen molar-refractivity contribution in [2.75, 3.05) is 6.61 Å². The average Bonchev–Trinajstić information content (AvgIpc) is 3.41. The van der Waals surface area contributed by atoms with Crippen molar-refractivity contribution in [3.05, 3.63) is 73.9 Å². The molecule has 1 N–H and O–H groups in total. The highest BCUT2D eigenvalue weighted by Gasteiger charge is 2.37. The van der Waals surface area contributed by atoms with Crippen LogP contribution in [0.15, 0.2) is 61.8 Å². The number of carbonyl (C=O) groups is 1. The Morgan fingerprint density at radius 3 is 2.88 bits per heavy atom. The van der Waals surface area contributed by atoms with Crippen LogP contribution in [0, 0.1) is 0 Å². The molecular weight excluding hydrogens is 420 g/mol. The molecule has 2 aromatic heterocycles. The summed E-state index contributed by atoms with van der Waals surface area (Å²) in [7, 11) is 0. The number of rotatable bonds is 6. The van der Waals surface area contributed by atoms with Crippen LogP contribution in [0.4, 0.5) is 0 Å². The number of hydrogen-bond acceptors (Lipinski definition) is 8. The number of aromatic amines is 1. The fourth-order valence-corrected chi connectivity index (χ4v) is 3.45. The Hall–Kier alpha value is -4.15. The summed E-state index contributed by atoms with van der Waals surface area (Å²) in [6.07, 6.45) is -0.122. The molecule has 32 heavy (non-hydrogen) atoms. The molecule has 1 aliphatic heterocycles. The number of nitrogens with one attached hydrogen (secondary N) is 1. The first-order chi connectivity index (χ1) is 15.5. The number of aromatic nitrogens is 3. The number of ether oxygens (including phenoxy) is 2. The zero-order valence-corrected chi connectivity index (χ0v) is 16.9. The number of esters is 1. The van der Waals surface area contributed by atoms with Crippen molar-refractivity contribution in [1.29, 1.82) is 0 Å². The van der Waals surface area contributed by atoms with Gasteiger partial charge in [0.2, 0.25) is 0 Å². The first-order valence-electron chi connectivity index (χ1n) is 9.67. The Kier molecular flexibility index (Phi) is 5.88. The zero-order chi connectivity index (χ0) is 22.7. The van der Waals surface area contributed by atoms with Gasteiger partial charge in [-0.15, -0.1) is 0 Å². The first kappa shape index (κ1) is 21.1. The van der Waals surface area contributed by atoms with E-state index in [2.05, 4.69) is 20.2 Å². The van der Waals surface area contributed by atoms with E-state index in [9.17, 15) is 14.4 Å². The van der Waals surface area contributed by atoms with E-state index in [-0.39, 0.29) is 24.3 Å². The minimum atomic E-state index is -0.852. The van der Waals surface area contributed by atoms with Gasteiger partial charge in [0, 0.05) is 36.1 Å². The summed E-state index contributed by atoms with van der Waals surface area (Å²) in [6, 6.07) is 10.1. The molecule has 12 heteroatoms. The van der Waals surface area contributed by atoms with Crippen LogP contribution in [0.5, 0.6) is 0 Å². The third-order valence-corrected chi connectivity index (χ3v) is 4.98. The average molecular weight is 438 g/mol. The van der Waals surface area contributed by atoms with Crippen LogP contribution in [0.3, 0.4) is 0 Å². The van der Waals surface area contributed by atoms with Gasteiger partial charge in [-0.2, -0.15) is 0 Å². The molecule has 0 spiro atoms. The molecule has 0 unspecified atom stereocenters. The van der Waals surface area contributed by atoms with Gasteiger partial charge in [0.05, 0.1) is 11.6 Å². The number of nitrogens with zero attached hydrogens (tertiary/aromatic N) is 5. The lowest BCUT2D eigenvalue weighted by atomic mass is 10.1. The minimum absolute atomic E-state index is 0.0999. The lowest BCUT2D eigenvalue weighted by molar-refractivity contribution is -0.146. The number of benzene rings is 1. The molecule has 12 nitrogen and oxygen atoms in total. The number of carbonyl (C=O) groups excluding carboxylic acids is 1. The van der Waals surface area contributed by atoms with Crippen LogP contribution >= 0.6 is 0 Å². The predicted molar refractivity (Wildman–Crippen MR) is 110 cm³/mol. The standard InChI is InChI=1S/C20H18N6O6/c1-11(27)30-10-17-15(23-25-21)8-18(31-17)26-9-13(19(28)22-20(26)29)14-7-16(32-24-14)12-5-3-2-4-6-12/h2-7,9,15,17-18H,8,10H2,1H3,(H,22,28,29)/t15-,17+,18+/m0/s1. The van der Waals surface area contributed by atoms with Crippen LogP contribution < -0.4 is 11.2 Å². The van der Waals surface area contributed by atoms with Gasteiger partial charge >= 0.3 is 11.7 Å². The Bertz CT molecular complexity index is 1290. The highest BCUT2D eigenvalue weighted by atomic mass is 16.6. The van der Waals surface area contributed by atoms with Gasteiger partial charge in [-0.3, -0.25) is 19.1 Å². The van der Waals surface area contributed by atoms with E-state index in [1.807, 2.05) is 30.3 Å². The van der Waals surface area contributed by atoms with Crippen LogP contribution in [0.25, 0.3) is 33.0 Å². The van der Waals surface area contributed by atoms with Crippen LogP contribution in [-0.2, 0) is 14.3 Å². The zero-order valence-electron chi connectivity index (χ0n) is 16.9. The van der Waals surface area contributed by atoms with E-state index in [0.717, 1.165) is 5.56 Å². The summed E-state index contributed by atoms with van der Waals surface area (Å²) in [5, 5.41) is 7.63. The molecule has 4 rings (SSSR count). The number of azide groups is 1. The smallest absolute Gasteiger partial charge is 0.330 e. The summed E-state index contributed by atoms with van der Waals surface area (Å²) in [6.45, 7) is 1.11. The molecule has 1 aliphatic rings. The maximum Gasteiger partial charge on any atom is 0.330 e. The molecule has 0 saturated carbocycles. The second-order valence-electron chi connectivity index (χ2n) is 7.09.